The van der Waals surface area contributed by atoms with Crippen LogP contribution >= 0.6 is 0 Å². The fourth-order valence-corrected chi connectivity index (χ4v) is 1.68. The van der Waals surface area contributed by atoms with Gasteiger partial charge in [-0.2, -0.15) is 0 Å². The van der Waals surface area contributed by atoms with Crippen molar-refractivity contribution in [1.82, 2.24) is 4.90 Å². The topological polar surface area (TPSA) is 12.5 Å². The fourth-order valence-electron chi connectivity index (χ4n) is 1.68. The predicted octanol–water partition coefficient (Wildman–Crippen LogP) is 2.08. The van der Waals surface area contributed by atoms with E-state index in [1.807, 2.05) is 0 Å². The summed E-state index contributed by atoms with van der Waals surface area (Å²) in [5, 5.41) is 0. The van der Waals surface area contributed by atoms with Gasteiger partial charge >= 0.3 is 0 Å². The molecule has 15 heavy (non-hydrogen) atoms. The third-order valence-corrected chi connectivity index (χ3v) is 2.56. The van der Waals surface area contributed by atoms with Crippen LogP contribution in [0.5, 0.6) is 0 Å². The average Bonchev–Trinajstić information content (AvgIpc) is 2.32. The Morgan fingerprint density at radius 2 is 1.87 bits per heavy atom. The molecule has 2 nitrogen and oxygen atoms in total. The molecule has 0 atom stereocenters. The minimum atomic E-state index is 0.857. The third-order valence-electron chi connectivity index (χ3n) is 2.56. The van der Waals surface area contributed by atoms with Crippen LogP contribution < -0.4 is 0 Å². The van der Waals surface area contributed by atoms with Gasteiger partial charge in [0.05, 0.1) is 13.2 Å². The van der Waals surface area contributed by atoms with Gasteiger partial charge in [0.25, 0.3) is 0 Å². The van der Waals surface area contributed by atoms with E-state index in [2.05, 4.69) is 47.5 Å². The molecule has 0 bridgehead atoms. The van der Waals surface area contributed by atoms with Crippen molar-refractivity contribution in [2.45, 2.75) is 6.42 Å². The predicted molar refractivity (Wildman–Crippen MR) is 61.7 cm³/mol. The van der Waals surface area contributed by atoms with Crippen LogP contribution in [0.15, 0.2) is 42.6 Å². The van der Waals surface area contributed by atoms with Gasteiger partial charge in [0, 0.05) is 13.1 Å². The van der Waals surface area contributed by atoms with E-state index < -0.39 is 0 Å². The molecule has 0 unspecified atom stereocenters. The Morgan fingerprint density at radius 3 is 2.60 bits per heavy atom. The van der Waals surface area contributed by atoms with E-state index in [1.165, 1.54) is 5.56 Å². The number of hydrogen-bond acceptors (Lipinski definition) is 2. The lowest BCUT2D eigenvalue weighted by molar-refractivity contribution is 0.0593. The molecule has 1 aromatic carbocycles. The van der Waals surface area contributed by atoms with Crippen molar-refractivity contribution >= 4 is 0 Å². The summed E-state index contributed by atoms with van der Waals surface area (Å²) in [7, 11) is 0. The largest absolute Gasteiger partial charge is 0.378 e. The Morgan fingerprint density at radius 1 is 1.13 bits per heavy atom. The Balaban J connectivity index is 1.79. The highest BCUT2D eigenvalue weighted by Gasteiger charge is 2.04. The number of allylic oxidation sites excluding steroid dienone is 1. The van der Waals surface area contributed by atoms with Crippen LogP contribution in [-0.4, -0.2) is 31.2 Å². The second-order valence-corrected chi connectivity index (χ2v) is 3.72. The molecule has 1 aliphatic heterocycles. The first-order valence-corrected chi connectivity index (χ1v) is 5.47. The summed E-state index contributed by atoms with van der Waals surface area (Å²) in [6.45, 7) is 3.75. The monoisotopic (exact) mass is 203 g/mol. The lowest BCUT2D eigenvalue weighted by Crippen LogP contribution is -2.32. The second-order valence-electron chi connectivity index (χ2n) is 3.72. The van der Waals surface area contributed by atoms with Crippen molar-refractivity contribution in [3.63, 3.8) is 0 Å². The minimum absolute atomic E-state index is 0.857. The minimum Gasteiger partial charge on any atom is -0.378 e. The molecule has 0 spiro atoms. The van der Waals surface area contributed by atoms with Crippen molar-refractivity contribution in [1.29, 1.82) is 0 Å². The summed E-state index contributed by atoms with van der Waals surface area (Å²) in [6, 6.07) is 10.5. The maximum absolute atomic E-state index is 5.29. The van der Waals surface area contributed by atoms with E-state index in [9.17, 15) is 0 Å². The second kappa shape index (κ2) is 5.56. The maximum atomic E-state index is 5.29. The molecular weight excluding hydrogens is 186 g/mol. The van der Waals surface area contributed by atoms with Crippen LogP contribution in [0, 0.1) is 0 Å². The number of morpholine rings is 1. The van der Waals surface area contributed by atoms with Gasteiger partial charge in [-0.3, -0.25) is 0 Å². The lowest BCUT2D eigenvalue weighted by Gasteiger charge is -2.24. The van der Waals surface area contributed by atoms with Crippen LogP contribution in [-0.2, 0) is 11.2 Å². The van der Waals surface area contributed by atoms with E-state index >= 15 is 0 Å². The number of nitrogens with zero attached hydrogens (tertiary/aromatic N) is 1. The SMILES string of the molecule is C(=C/N1CCOCC1)/Cc1ccccc1. The molecule has 1 fully saturated rings. The van der Waals surface area contributed by atoms with Crippen LogP contribution in [0.1, 0.15) is 5.56 Å². The molecule has 2 rings (SSSR count). The van der Waals surface area contributed by atoms with E-state index in [0.29, 0.717) is 0 Å². The first kappa shape index (κ1) is 10.2. The van der Waals surface area contributed by atoms with E-state index in [-0.39, 0.29) is 0 Å². The van der Waals surface area contributed by atoms with E-state index in [1.54, 1.807) is 0 Å². The zero-order valence-electron chi connectivity index (χ0n) is 8.93. The van der Waals surface area contributed by atoms with Crippen molar-refractivity contribution in [3.05, 3.63) is 48.2 Å². The van der Waals surface area contributed by atoms with Crippen molar-refractivity contribution < 1.29 is 4.74 Å². The molecule has 0 aromatic heterocycles. The zero-order valence-corrected chi connectivity index (χ0v) is 8.93. The van der Waals surface area contributed by atoms with Crippen LogP contribution in [0.25, 0.3) is 0 Å². The molecule has 0 radical (unpaired) electrons. The van der Waals surface area contributed by atoms with Gasteiger partial charge < -0.3 is 9.64 Å². The molecule has 1 heterocycles. The first-order chi connectivity index (χ1) is 7.45. The number of benzene rings is 1. The molecule has 0 N–H and O–H groups in total. The molecule has 1 aliphatic rings. The Kier molecular flexibility index (Phi) is 3.80. The number of ether oxygens (including phenoxy) is 1. The molecule has 0 amide bonds. The highest BCUT2D eigenvalue weighted by molar-refractivity contribution is 5.17. The fraction of sp³-hybridized carbons (Fsp3) is 0.385. The summed E-state index contributed by atoms with van der Waals surface area (Å²) in [4.78, 5) is 2.31. The quantitative estimate of drug-likeness (QED) is 0.745. The van der Waals surface area contributed by atoms with Crippen LogP contribution in [0.4, 0.5) is 0 Å². The third kappa shape index (κ3) is 3.40. The van der Waals surface area contributed by atoms with Gasteiger partial charge in [0.1, 0.15) is 0 Å². The summed E-state index contributed by atoms with van der Waals surface area (Å²) in [6.07, 6.45) is 5.42. The number of rotatable bonds is 3. The highest BCUT2D eigenvalue weighted by Crippen LogP contribution is 2.02. The van der Waals surface area contributed by atoms with E-state index in [4.69, 9.17) is 4.74 Å². The van der Waals surface area contributed by atoms with Gasteiger partial charge in [-0.15, -0.1) is 0 Å². The standard InChI is InChI=1S/C13H17NO/c1-2-5-13(6-3-1)7-4-8-14-9-11-15-12-10-14/h1-6,8H,7,9-12H2/b8-4-. The summed E-state index contributed by atoms with van der Waals surface area (Å²) >= 11 is 0. The molecule has 2 heteroatoms. The molecule has 0 saturated carbocycles. The Bertz CT molecular complexity index is 302. The molecular formula is C13H17NO. The normalized spacial score (nSPS) is 17.2. The summed E-state index contributed by atoms with van der Waals surface area (Å²) in [5.41, 5.74) is 1.36. The molecule has 1 aromatic rings. The van der Waals surface area contributed by atoms with Gasteiger partial charge in [-0.25, -0.2) is 0 Å². The van der Waals surface area contributed by atoms with Gasteiger partial charge in [-0.1, -0.05) is 36.4 Å². The number of hydrogen-bond donors (Lipinski definition) is 0. The summed E-state index contributed by atoms with van der Waals surface area (Å²) < 4.78 is 5.29. The van der Waals surface area contributed by atoms with Crippen LogP contribution in [0.2, 0.25) is 0 Å². The highest BCUT2D eigenvalue weighted by atomic mass is 16.5. The van der Waals surface area contributed by atoms with Gasteiger partial charge in [0.2, 0.25) is 0 Å². The molecule has 0 aliphatic carbocycles. The van der Waals surface area contributed by atoms with Crippen molar-refractivity contribution in [2.75, 3.05) is 26.3 Å². The zero-order chi connectivity index (χ0) is 10.3. The van der Waals surface area contributed by atoms with Gasteiger partial charge in [0.15, 0.2) is 0 Å². The van der Waals surface area contributed by atoms with Gasteiger partial charge in [-0.05, 0) is 18.2 Å². The average molecular weight is 203 g/mol. The van der Waals surface area contributed by atoms with Crippen LogP contribution in [0.3, 0.4) is 0 Å². The molecule has 80 valence electrons. The Hall–Kier alpha value is -1.28. The summed E-state index contributed by atoms with van der Waals surface area (Å²) in [5.74, 6) is 0. The lowest BCUT2D eigenvalue weighted by atomic mass is 10.1. The molecule has 1 saturated heterocycles. The Labute approximate surface area is 91.2 Å². The maximum Gasteiger partial charge on any atom is 0.0642 e. The van der Waals surface area contributed by atoms with E-state index in [0.717, 1.165) is 32.7 Å². The first-order valence-electron chi connectivity index (χ1n) is 5.47. The van der Waals surface area contributed by atoms with Crippen molar-refractivity contribution in [3.8, 4) is 0 Å². The smallest absolute Gasteiger partial charge is 0.0642 e. The van der Waals surface area contributed by atoms with Crippen molar-refractivity contribution in [2.24, 2.45) is 0 Å².